The fourth-order valence-corrected chi connectivity index (χ4v) is 2.45. The van der Waals surface area contributed by atoms with Gasteiger partial charge in [-0.3, -0.25) is 0 Å². The van der Waals surface area contributed by atoms with E-state index in [0.29, 0.717) is 6.54 Å². The Balaban J connectivity index is 1.99. The van der Waals surface area contributed by atoms with Crippen molar-refractivity contribution in [2.45, 2.75) is 39.3 Å². The summed E-state index contributed by atoms with van der Waals surface area (Å²) in [5.74, 6) is 0.263. The summed E-state index contributed by atoms with van der Waals surface area (Å²) in [6.45, 7) is 9.80. The van der Waals surface area contributed by atoms with Gasteiger partial charge in [-0.1, -0.05) is 0 Å². The summed E-state index contributed by atoms with van der Waals surface area (Å²) >= 11 is 0. The van der Waals surface area contributed by atoms with Gasteiger partial charge in [0, 0.05) is 31.4 Å². The van der Waals surface area contributed by atoms with Crippen LogP contribution in [0.2, 0.25) is 0 Å². The Morgan fingerprint density at radius 1 is 1.24 bits per heavy atom. The summed E-state index contributed by atoms with van der Waals surface area (Å²) in [6.07, 6.45) is -0.250. The van der Waals surface area contributed by atoms with Crippen LogP contribution in [0, 0.1) is 0 Å². The van der Waals surface area contributed by atoms with Gasteiger partial charge in [-0.25, -0.2) is 4.79 Å². The number of ether oxygens (including phenoxy) is 1. The second-order valence-electron chi connectivity index (χ2n) is 6.49. The lowest BCUT2D eigenvalue weighted by Gasteiger charge is -2.41. The Hall–Kier alpha value is -1.91. The van der Waals surface area contributed by atoms with E-state index >= 15 is 0 Å². The van der Waals surface area contributed by atoms with Crippen molar-refractivity contribution < 1.29 is 14.6 Å². The molecule has 1 unspecified atom stereocenters. The molecule has 0 bridgehead atoms. The van der Waals surface area contributed by atoms with Gasteiger partial charge in [0.1, 0.15) is 11.4 Å². The largest absolute Gasteiger partial charge is 0.508 e. The molecule has 5 nitrogen and oxygen atoms in total. The van der Waals surface area contributed by atoms with Crippen molar-refractivity contribution in [2.75, 3.05) is 24.5 Å². The predicted molar refractivity (Wildman–Crippen MR) is 82.7 cm³/mol. The van der Waals surface area contributed by atoms with Crippen molar-refractivity contribution in [3.8, 4) is 5.75 Å². The van der Waals surface area contributed by atoms with E-state index in [-0.39, 0.29) is 17.9 Å². The number of carbonyl (C=O) groups is 1. The third-order valence-electron chi connectivity index (χ3n) is 3.47. The second kappa shape index (κ2) is 5.84. The summed E-state index contributed by atoms with van der Waals surface area (Å²) in [4.78, 5) is 16.2. The molecule has 1 aromatic rings. The first-order chi connectivity index (χ1) is 9.76. The number of carbonyl (C=O) groups excluding carboxylic acids is 1. The van der Waals surface area contributed by atoms with Gasteiger partial charge in [0.15, 0.2) is 0 Å². The molecule has 1 N–H and O–H groups in total. The Morgan fingerprint density at radius 2 is 1.86 bits per heavy atom. The van der Waals surface area contributed by atoms with Gasteiger partial charge in [-0.05, 0) is 52.0 Å². The number of phenolic OH excluding ortho intramolecular Hbond substituents is 1. The molecule has 1 aliphatic heterocycles. The minimum absolute atomic E-state index is 0.0856. The fourth-order valence-electron chi connectivity index (χ4n) is 2.45. The molecule has 2 rings (SSSR count). The number of benzene rings is 1. The molecule has 21 heavy (non-hydrogen) atoms. The molecule has 1 aromatic carbocycles. The lowest BCUT2D eigenvalue weighted by Crippen LogP contribution is -2.55. The number of hydrogen-bond acceptors (Lipinski definition) is 4. The number of nitrogens with zero attached hydrogens (tertiary/aromatic N) is 2. The van der Waals surface area contributed by atoms with E-state index in [0.717, 1.165) is 18.8 Å². The summed E-state index contributed by atoms with van der Waals surface area (Å²) in [6, 6.07) is 7.24. The van der Waals surface area contributed by atoms with Gasteiger partial charge in [-0.15, -0.1) is 0 Å². The molecule has 1 atom stereocenters. The molecule has 1 amide bonds. The number of anilines is 1. The van der Waals surface area contributed by atoms with Crippen molar-refractivity contribution in [3.05, 3.63) is 24.3 Å². The first kappa shape index (κ1) is 15.5. The molecule has 1 aliphatic rings. The van der Waals surface area contributed by atoms with Crippen LogP contribution in [-0.2, 0) is 4.74 Å². The first-order valence-corrected chi connectivity index (χ1v) is 7.30. The standard InChI is InChI=1S/C16H24N2O3/c1-12-11-17(13-5-7-14(19)8-6-13)9-10-18(12)15(20)21-16(2,3)4/h5-8,12,19H,9-11H2,1-4H3. The SMILES string of the molecule is CC1CN(c2ccc(O)cc2)CCN1C(=O)OC(C)(C)C. The van der Waals surface area contributed by atoms with Crippen molar-refractivity contribution in [1.82, 2.24) is 4.90 Å². The quantitative estimate of drug-likeness (QED) is 0.865. The minimum atomic E-state index is -0.467. The van der Waals surface area contributed by atoms with E-state index in [1.165, 1.54) is 0 Å². The highest BCUT2D eigenvalue weighted by Crippen LogP contribution is 2.22. The smallest absolute Gasteiger partial charge is 0.410 e. The van der Waals surface area contributed by atoms with Crippen LogP contribution in [0.4, 0.5) is 10.5 Å². The van der Waals surface area contributed by atoms with E-state index in [9.17, 15) is 9.90 Å². The first-order valence-electron chi connectivity index (χ1n) is 7.30. The van der Waals surface area contributed by atoms with Crippen LogP contribution in [-0.4, -0.2) is 47.4 Å². The molecule has 0 radical (unpaired) electrons. The average Bonchev–Trinajstić information content (AvgIpc) is 2.37. The van der Waals surface area contributed by atoms with Crippen molar-refractivity contribution in [1.29, 1.82) is 0 Å². The highest BCUT2D eigenvalue weighted by molar-refractivity contribution is 5.69. The van der Waals surface area contributed by atoms with E-state index in [1.54, 1.807) is 17.0 Å². The maximum absolute atomic E-state index is 12.2. The zero-order valence-electron chi connectivity index (χ0n) is 13.2. The minimum Gasteiger partial charge on any atom is -0.508 e. The predicted octanol–water partition coefficient (Wildman–Crippen LogP) is 2.84. The van der Waals surface area contributed by atoms with Crippen molar-refractivity contribution in [2.24, 2.45) is 0 Å². The molecule has 1 heterocycles. The normalized spacial score (nSPS) is 19.5. The Labute approximate surface area is 126 Å². The molecule has 116 valence electrons. The third kappa shape index (κ3) is 4.03. The lowest BCUT2D eigenvalue weighted by atomic mass is 10.1. The topological polar surface area (TPSA) is 53.0 Å². The summed E-state index contributed by atoms with van der Waals surface area (Å²) in [7, 11) is 0. The van der Waals surface area contributed by atoms with Gasteiger partial charge < -0.3 is 19.6 Å². The molecule has 0 saturated carbocycles. The molecule has 0 aromatic heterocycles. The number of aromatic hydroxyl groups is 1. The number of hydrogen-bond donors (Lipinski definition) is 1. The van der Waals surface area contributed by atoms with Crippen LogP contribution in [0.1, 0.15) is 27.7 Å². The van der Waals surface area contributed by atoms with Crippen LogP contribution in [0.3, 0.4) is 0 Å². The third-order valence-corrected chi connectivity index (χ3v) is 3.47. The van der Waals surface area contributed by atoms with Gasteiger partial charge >= 0.3 is 6.09 Å². The number of amides is 1. The molecular formula is C16H24N2O3. The van der Waals surface area contributed by atoms with Crippen molar-refractivity contribution in [3.63, 3.8) is 0 Å². The van der Waals surface area contributed by atoms with Crippen LogP contribution in [0.5, 0.6) is 5.75 Å². The molecule has 0 aliphatic carbocycles. The zero-order chi connectivity index (χ0) is 15.6. The van der Waals surface area contributed by atoms with Crippen LogP contribution in [0.25, 0.3) is 0 Å². The summed E-state index contributed by atoms with van der Waals surface area (Å²) in [5.41, 5.74) is 0.591. The molecule has 1 fully saturated rings. The maximum Gasteiger partial charge on any atom is 0.410 e. The number of phenols is 1. The maximum atomic E-state index is 12.2. The van der Waals surface area contributed by atoms with Gasteiger partial charge in [0.05, 0.1) is 0 Å². The van der Waals surface area contributed by atoms with E-state index in [1.807, 2.05) is 39.8 Å². The molecule has 1 saturated heterocycles. The molecule has 5 heteroatoms. The monoisotopic (exact) mass is 292 g/mol. The number of rotatable bonds is 1. The average molecular weight is 292 g/mol. The Morgan fingerprint density at radius 3 is 2.38 bits per heavy atom. The number of piperazine rings is 1. The summed E-state index contributed by atoms with van der Waals surface area (Å²) < 4.78 is 5.44. The van der Waals surface area contributed by atoms with Crippen LogP contribution < -0.4 is 4.90 Å². The van der Waals surface area contributed by atoms with Crippen molar-refractivity contribution >= 4 is 11.8 Å². The van der Waals surface area contributed by atoms with E-state index < -0.39 is 5.60 Å². The van der Waals surface area contributed by atoms with Gasteiger partial charge in [-0.2, -0.15) is 0 Å². The highest BCUT2D eigenvalue weighted by Gasteiger charge is 2.30. The summed E-state index contributed by atoms with van der Waals surface area (Å²) in [5, 5.41) is 9.34. The van der Waals surface area contributed by atoms with E-state index in [2.05, 4.69) is 4.90 Å². The van der Waals surface area contributed by atoms with Gasteiger partial charge in [0.25, 0.3) is 0 Å². The van der Waals surface area contributed by atoms with Crippen LogP contribution >= 0.6 is 0 Å². The highest BCUT2D eigenvalue weighted by atomic mass is 16.6. The van der Waals surface area contributed by atoms with E-state index in [4.69, 9.17) is 4.74 Å². The Kier molecular flexibility index (Phi) is 4.30. The fraction of sp³-hybridized carbons (Fsp3) is 0.562. The zero-order valence-corrected chi connectivity index (χ0v) is 13.2. The van der Waals surface area contributed by atoms with Gasteiger partial charge in [0.2, 0.25) is 0 Å². The van der Waals surface area contributed by atoms with Crippen LogP contribution in [0.15, 0.2) is 24.3 Å². The lowest BCUT2D eigenvalue weighted by molar-refractivity contribution is 0.0159. The second-order valence-corrected chi connectivity index (χ2v) is 6.49. The Bertz CT molecular complexity index is 493. The molecule has 0 spiro atoms. The molecular weight excluding hydrogens is 268 g/mol.